The molecule has 1 aliphatic rings. The van der Waals surface area contributed by atoms with Crippen LogP contribution >= 0.6 is 0 Å². The number of aromatic amines is 1. The Morgan fingerprint density at radius 3 is 2.94 bits per heavy atom. The monoisotopic (exact) mass is 225 g/mol. The molecule has 0 amide bonds. The molecular formula is C13H11N3O. The zero-order chi connectivity index (χ0) is 12.0. The first kappa shape index (κ1) is 10.0. The molecule has 0 radical (unpaired) electrons. The number of benzene rings is 1. The van der Waals surface area contributed by atoms with Gasteiger partial charge in [0.05, 0.1) is 17.1 Å². The van der Waals surface area contributed by atoms with E-state index in [-0.39, 0.29) is 5.78 Å². The van der Waals surface area contributed by atoms with Crippen molar-refractivity contribution in [2.75, 3.05) is 0 Å². The van der Waals surface area contributed by atoms with Gasteiger partial charge in [-0.2, -0.15) is 5.26 Å². The number of nitrogens with zero attached hydrogens (tertiary/aromatic N) is 2. The summed E-state index contributed by atoms with van der Waals surface area (Å²) in [6.07, 6.45) is 1.37. The summed E-state index contributed by atoms with van der Waals surface area (Å²) in [5, 5.41) is 9.01. The Morgan fingerprint density at radius 2 is 2.29 bits per heavy atom. The van der Waals surface area contributed by atoms with Crippen LogP contribution in [0.2, 0.25) is 0 Å². The van der Waals surface area contributed by atoms with Crippen molar-refractivity contribution in [3.05, 3.63) is 29.6 Å². The molecule has 1 saturated carbocycles. The highest BCUT2D eigenvalue weighted by Crippen LogP contribution is 2.47. The fourth-order valence-corrected chi connectivity index (χ4v) is 2.07. The maximum Gasteiger partial charge on any atom is 0.183 e. The molecule has 1 aromatic carbocycles. The number of Topliss-reactive ketones (excluding diaryl/α,β-unsaturated/α-hetero) is 1. The van der Waals surface area contributed by atoms with Gasteiger partial charge in [0.25, 0.3) is 0 Å². The molecule has 1 aromatic heterocycles. The summed E-state index contributed by atoms with van der Waals surface area (Å²) in [4.78, 5) is 19.5. The number of hydrogen-bond donors (Lipinski definition) is 1. The van der Waals surface area contributed by atoms with Crippen molar-refractivity contribution in [2.24, 2.45) is 5.41 Å². The third-order valence-electron chi connectivity index (χ3n) is 3.26. The fourth-order valence-electron chi connectivity index (χ4n) is 2.07. The van der Waals surface area contributed by atoms with E-state index < -0.39 is 5.41 Å². The van der Waals surface area contributed by atoms with Crippen molar-refractivity contribution in [1.82, 2.24) is 9.97 Å². The molecule has 4 nitrogen and oxygen atoms in total. The number of carbonyl (C=O) groups excluding carboxylic acids is 1. The second-order valence-electron chi connectivity index (χ2n) is 4.58. The average Bonchev–Trinajstić information content (AvgIpc) is 3.03. The van der Waals surface area contributed by atoms with Crippen LogP contribution in [-0.2, 0) is 0 Å². The number of imidazole rings is 1. The molecule has 3 rings (SSSR count). The van der Waals surface area contributed by atoms with Gasteiger partial charge in [-0.15, -0.1) is 0 Å². The third kappa shape index (κ3) is 1.43. The minimum Gasteiger partial charge on any atom is -0.342 e. The lowest BCUT2D eigenvalue weighted by atomic mass is 9.96. The largest absolute Gasteiger partial charge is 0.342 e. The number of aromatic nitrogens is 2. The summed E-state index contributed by atoms with van der Waals surface area (Å²) in [5.41, 5.74) is 1.55. The highest BCUT2D eigenvalue weighted by Gasteiger charge is 2.50. The molecule has 17 heavy (non-hydrogen) atoms. The molecule has 1 fully saturated rings. The SMILES string of the molecule is Cc1nc2ccc(C(=O)C3(C#N)CC3)cc2[nH]1. The summed E-state index contributed by atoms with van der Waals surface area (Å²) >= 11 is 0. The van der Waals surface area contributed by atoms with Crippen LogP contribution in [0.4, 0.5) is 0 Å². The number of nitriles is 1. The smallest absolute Gasteiger partial charge is 0.183 e. The zero-order valence-electron chi connectivity index (χ0n) is 9.45. The first-order valence-electron chi connectivity index (χ1n) is 5.57. The molecule has 1 N–H and O–H groups in total. The molecule has 1 heterocycles. The summed E-state index contributed by atoms with van der Waals surface area (Å²) in [5.74, 6) is 0.764. The molecule has 0 aliphatic heterocycles. The van der Waals surface area contributed by atoms with E-state index in [2.05, 4.69) is 16.0 Å². The van der Waals surface area contributed by atoms with E-state index in [0.29, 0.717) is 18.4 Å². The van der Waals surface area contributed by atoms with Crippen LogP contribution in [0.1, 0.15) is 29.0 Å². The number of H-pyrrole nitrogens is 1. The Kier molecular flexibility index (Phi) is 1.87. The lowest BCUT2D eigenvalue weighted by molar-refractivity contribution is 0.0935. The zero-order valence-corrected chi connectivity index (χ0v) is 9.45. The molecule has 4 heteroatoms. The molecule has 0 saturated heterocycles. The third-order valence-corrected chi connectivity index (χ3v) is 3.26. The first-order chi connectivity index (χ1) is 8.14. The number of fused-ring (bicyclic) bond motifs is 1. The van der Waals surface area contributed by atoms with Crippen molar-refractivity contribution in [2.45, 2.75) is 19.8 Å². The minimum atomic E-state index is -0.747. The van der Waals surface area contributed by atoms with Crippen LogP contribution in [-0.4, -0.2) is 15.8 Å². The van der Waals surface area contributed by atoms with Gasteiger partial charge in [0.1, 0.15) is 11.2 Å². The standard InChI is InChI=1S/C13H11N3O/c1-8-15-10-3-2-9(6-11(10)16-8)12(17)13(7-14)4-5-13/h2-3,6H,4-5H2,1H3,(H,15,16). The summed E-state index contributed by atoms with van der Waals surface area (Å²) in [6.45, 7) is 1.87. The van der Waals surface area contributed by atoms with Gasteiger partial charge in [-0.1, -0.05) is 0 Å². The van der Waals surface area contributed by atoms with Crippen LogP contribution in [0.15, 0.2) is 18.2 Å². The van der Waals surface area contributed by atoms with Crippen LogP contribution in [0.3, 0.4) is 0 Å². The molecule has 0 unspecified atom stereocenters. The molecule has 0 spiro atoms. The lowest BCUT2D eigenvalue weighted by Gasteiger charge is -2.04. The Labute approximate surface area is 98.3 Å². The van der Waals surface area contributed by atoms with Crippen molar-refractivity contribution in [3.8, 4) is 6.07 Å². The fraction of sp³-hybridized carbons (Fsp3) is 0.308. The van der Waals surface area contributed by atoms with Gasteiger partial charge in [0.2, 0.25) is 0 Å². The van der Waals surface area contributed by atoms with E-state index in [4.69, 9.17) is 5.26 Å². The number of hydrogen-bond acceptors (Lipinski definition) is 3. The van der Waals surface area contributed by atoms with Crippen LogP contribution in [0.25, 0.3) is 11.0 Å². The first-order valence-corrected chi connectivity index (χ1v) is 5.57. The highest BCUT2D eigenvalue weighted by atomic mass is 16.1. The second kappa shape index (κ2) is 3.17. The second-order valence-corrected chi connectivity index (χ2v) is 4.58. The number of nitrogens with one attached hydrogen (secondary N) is 1. The highest BCUT2D eigenvalue weighted by molar-refractivity contribution is 6.05. The Morgan fingerprint density at radius 1 is 1.53 bits per heavy atom. The van der Waals surface area contributed by atoms with Crippen molar-refractivity contribution in [1.29, 1.82) is 5.26 Å². The summed E-state index contributed by atoms with van der Waals surface area (Å²) in [6, 6.07) is 7.49. The molecule has 0 atom stereocenters. The lowest BCUT2D eigenvalue weighted by Crippen LogP contribution is -2.13. The number of ketones is 1. The predicted octanol–water partition coefficient (Wildman–Crippen LogP) is 2.36. The quantitative estimate of drug-likeness (QED) is 0.797. The van der Waals surface area contributed by atoms with Gasteiger partial charge in [0, 0.05) is 5.56 Å². The molecular weight excluding hydrogens is 214 g/mol. The van der Waals surface area contributed by atoms with E-state index in [1.165, 1.54) is 0 Å². The Balaban J connectivity index is 2.07. The van der Waals surface area contributed by atoms with E-state index in [1.807, 2.05) is 13.0 Å². The topological polar surface area (TPSA) is 69.5 Å². The van der Waals surface area contributed by atoms with E-state index in [1.54, 1.807) is 12.1 Å². The van der Waals surface area contributed by atoms with Gasteiger partial charge < -0.3 is 4.98 Å². The van der Waals surface area contributed by atoms with Gasteiger partial charge in [-0.3, -0.25) is 4.79 Å². The van der Waals surface area contributed by atoms with Gasteiger partial charge in [-0.05, 0) is 38.0 Å². The number of aryl methyl sites for hydroxylation is 1. The molecule has 0 bridgehead atoms. The molecule has 1 aliphatic carbocycles. The van der Waals surface area contributed by atoms with Crippen molar-refractivity contribution < 1.29 is 4.79 Å². The normalized spacial score (nSPS) is 16.7. The summed E-state index contributed by atoms with van der Waals surface area (Å²) in [7, 11) is 0. The van der Waals surface area contributed by atoms with E-state index in [0.717, 1.165) is 16.9 Å². The average molecular weight is 225 g/mol. The van der Waals surface area contributed by atoms with E-state index in [9.17, 15) is 4.79 Å². The van der Waals surface area contributed by atoms with Gasteiger partial charge >= 0.3 is 0 Å². The minimum absolute atomic E-state index is 0.0610. The molecule has 84 valence electrons. The maximum absolute atomic E-state index is 12.2. The van der Waals surface area contributed by atoms with Gasteiger partial charge in [0.15, 0.2) is 5.78 Å². The predicted molar refractivity (Wildman–Crippen MR) is 62.4 cm³/mol. The van der Waals surface area contributed by atoms with Crippen LogP contribution in [0.5, 0.6) is 0 Å². The van der Waals surface area contributed by atoms with Crippen LogP contribution in [0, 0.1) is 23.7 Å². The maximum atomic E-state index is 12.2. The number of rotatable bonds is 2. The Hall–Kier alpha value is -2.15. The van der Waals surface area contributed by atoms with Crippen molar-refractivity contribution >= 4 is 16.8 Å². The Bertz CT molecular complexity index is 659. The van der Waals surface area contributed by atoms with E-state index >= 15 is 0 Å². The van der Waals surface area contributed by atoms with Crippen molar-refractivity contribution in [3.63, 3.8) is 0 Å². The number of carbonyl (C=O) groups is 1. The summed E-state index contributed by atoms with van der Waals surface area (Å²) < 4.78 is 0. The molecule has 2 aromatic rings. The van der Waals surface area contributed by atoms with Crippen LogP contribution < -0.4 is 0 Å². The van der Waals surface area contributed by atoms with Gasteiger partial charge in [-0.25, -0.2) is 4.98 Å².